The smallest absolute Gasteiger partial charge is 0.270 e. The number of thioether (sulfide) groups is 1. The molecule has 3 aromatic carbocycles. The van der Waals surface area contributed by atoms with E-state index in [0.717, 1.165) is 20.4 Å². The van der Waals surface area contributed by atoms with E-state index in [1.165, 1.54) is 17.3 Å². The Morgan fingerprint density at radius 1 is 1.06 bits per heavy atom. The van der Waals surface area contributed by atoms with Gasteiger partial charge in [0.05, 0.1) is 20.8 Å². The zero-order valence-corrected chi connectivity index (χ0v) is 22.0. The van der Waals surface area contributed by atoms with Gasteiger partial charge < -0.3 is 9.47 Å². The molecule has 0 spiro atoms. The fraction of sp³-hybridized carbons (Fsp3) is 0.154. The van der Waals surface area contributed by atoms with Crippen LogP contribution in [-0.2, 0) is 11.4 Å². The topological polar surface area (TPSA) is 38.8 Å². The van der Waals surface area contributed by atoms with Crippen LogP contribution in [-0.4, -0.2) is 16.8 Å². The molecule has 0 aliphatic carbocycles. The summed E-state index contributed by atoms with van der Waals surface area (Å²) in [6.07, 6.45) is 1.86. The molecular formula is C26H22INO3S2. The van der Waals surface area contributed by atoms with Crippen LogP contribution in [0.25, 0.3) is 6.08 Å². The van der Waals surface area contributed by atoms with Crippen molar-refractivity contribution in [2.75, 3.05) is 11.5 Å². The highest BCUT2D eigenvalue weighted by molar-refractivity contribution is 14.1. The highest BCUT2D eigenvalue weighted by Gasteiger charge is 2.33. The van der Waals surface area contributed by atoms with E-state index in [0.29, 0.717) is 33.9 Å². The molecule has 1 fully saturated rings. The van der Waals surface area contributed by atoms with E-state index in [4.69, 9.17) is 21.7 Å². The van der Waals surface area contributed by atoms with Crippen molar-refractivity contribution in [2.45, 2.75) is 20.5 Å². The van der Waals surface area contributed by atoms with Gasteiger partial charge in [-0.15, -0.1) is 0 Å². The third-order valence-electron chi connectivity index (χ3n) is 4.94. The van der Waals surface area contributed by atoms with E-state index >= 15 is 0 Å². The van der Waals surface area contributed by atoms with E-state index in [-0.39, 0.29) is 5.91 Å². The van der Waals surface area contributed by atoms with Crippen LogP contribution in [0.4, 0.5) is 5.69 Å². The van der Waals surface area contributed by atoms with Gasteiger partial charge in [0.25, 0.3) is 5.91 Å². The summed E-state index contributed by atoms with van der Waals surface area (Å²) in [6, 6.07) is 21.6. The van der Waals surface area contributed by atoms with Gasteiger partial charge in [0.2, 0.25) is 0 Å². The lowest BCUT2D eigenvalue weighted by atomic mass is 10.1. The van der Waals surface area contributed by atoms with Gasteiger partial charge in [-0.3, -0.25) is 9.69 Å². The molecule has 0 atom stereocenters. The van der Waals surface area contributed by atoms with Crippen LogP contribution in [0.1, 0.15) is 23.6 Å². The van der Waals surface area contributed by atoms with Gasteiger partial charge in [-0.25, -0.2) is 0 Å². The van der Waals surface area contributed by atoms with Crippen LogP contribution < -0.4 is 14.4 Å². The molecule has 168 valence electrons. The molecule has 0 radical (unpaired) electrons. The molecule has 1 aliphatic heterocycles. The summed E-state index contributed by atoms with van der Waals surface area (Å²) in [4.78, 5) is 15.2. The number of halogens is 1. The Labute approximate surface area is 217 Å². The third-order valence-corrected chi connectivity index (χ3v) is 7.04. The Hall–Kier alpha value is -2.36. The summed E-state index contributed by atoms with van der Waals surface area (Å²) < 4.78 is 13.4. The summed E-state index contributed by atoms with van der Waals surface area (Å²) in [5.41, 5.74) is 3.94. The van der Waals surface area contributed by atoms with Crippen molar-refractivity contribution in [2.24, 2.45) is 0 Å². The largest absolute Gasteiger partial charge is 0.490 e. The number of aryl methyl sites for hydroxylation is 1. The van der Waals surface area contributed by atoms with E-state index < -0.39 is 0 Å². The molecule has 1 heterocycles. The minimum atomic E-state index is -0.121. The first-order valence-electron chi connectivity index (χ1n) is 10.4. The highest BCUT2D eigenvalue weighted by atomic mass is 127. The van der Waals surface area contributed by atoms with Gasteiger partial charge in [0.1, 0.15) is 6.61 Å². The quantitative estimate of drug-likeness (QED) is 0.169. The van der Waals surface area contributed by atoms with E-state index in [1.54, 1.807) is 4.90 Å². The zero-order valence-electron chi connectivity index (χ0n) is 18.2. The maximum Gasteiger partial charge on any atom is 0.270 e. The highest BCUT2D eigenvalue weighted by Crippen LogP contribution is 2.39. The molecule has 0 unspecified atom stereocenters. The molecule has 4 rings (SSSR count). The first-order valence-corrected chi connectivity index (χ1v) is 12.7. The molecule has 3 aromatic rings. The number of anilines is 1. The first kappa shape index (κ1) is 23.8. The van der Waals surface area contributed by atoms with Crippen molar-refractivity contribution in [3.8, 4) is 11.5 Å². The number of carbonyl (C=O) groups excluding carboxylic acids is 1. The molecule has 1 saturated heterocycles. The monoisotopic (exact) mass is 587 g/mol. The van der Waals surface area contributed by atoms with Crippen LogP contribution in [0.5, 0.6) is 11.5 Å². The summed E-state index contributed by atoms with van der Waals surface area (Å²) >= 11 is 9.03. The Kier molecular flexibility index (Phi) is 7.72. The van der Waals surface area contributed by atoms with Crippen LogP contribution in [0.15, 0.2) is 71.6 Å². The Morgan fingerprint density at radius 2 is 1.79 bits per heavy atom. The van der Waals surface area contributed by atoms with E-state index in [9.17, 15) is 4.79 Å². The maximum absolute atomic E-state index is 13.1. The second-order valence-corrected chi connectivity index (χ2v) is 10.2. The van der Waals surface area contributed by atoms with E-state index in [2.05, 4.69) is 53.8 Å². The fourth-order valence-corrected chi connectivity index (χ4v) is 5.41. The molecule has 0 saturated carbocycles. The van der Waals surface area contributed by atoms with Gasteiger partial charge >= 0.3 is 0 Å². The van der Waals surface area contributed by atoms with Crippen molar-refractivity contribution in [3.05, 3.63) is 91.9 Å². The van der Waals surface area contributed by atoms with Crippen molar-refractivity contribution in [3.63, 3.8) is 0 Å². The molecule has 1 aliphatic rings. The van der Waals surface area contributed by atoms with Crippen LogP contribution >= 0.6 is 46.6 Å². The molecule has 0 bridgehead atoms. The second kappa shape index (κ2) is 10.7. The van der Waals surface area contributed by atoms with Crippen molar-refractivity contribution < 1.29 is 14.3 Å². The molecule has 1 amide bonds. The lowest BCUT2D eigenvalue weighted by molar-refractivity contribution is -0.113. The number of para-hydroxylation sites is 1. The summed E-state index contributed by atoms with van der Waals surface area (Å²) in [7, 11) is 0. The zero-order chi connectivity index (χ0) is 23.4. The SMILES string of the molecule is CCOc1cc(/C=C2/SC(=S)N(c3ccccc3)C2=O)cc(I)c1OCc1ccc(C)cc1. The lowest BCUT2D eigenvalue weighted by Crippen LogP contribution is -2.27. The minimum absolute atomic E-state index is 0.121. The molecule has 7 heteroatoms. The second-order valence-electron chi connectivity index (χ2n) is 7.39. The number of hydrogen-bond acceptors (Lipinski definition) is 5. The fourth-order valence-electron chi connectivity index (χ4n) is 3.33. The number of hydrogen-bond donors (Lipinski definition) is 0. The molecule has 33 heavy (non-hydrogen) atoms. The lowest BCUT2D eigenvalue weighted by Gasteiger charge is -2.15. The number of carbonyl (C=O) groups is 1. The molecule has 0 N–H and O–H groups in total. The van der Waals surface area contributed by atoms with Gasteiger partial charge in [0, 0.05) is 0 Å². The third kappa shape index (κ3) is 5.59. The van der Waals surface area contributed by atoms with Crippen LogP contribution in [0.3, 0.4) is 0 Å². The predicted octanol–water partition coefficient (Wildman–Crippen LogP) is 6.98. The number of ether oxygens (including phenoxy) is 2. The molecule has 0 aromatic heterocycles. The van der Waals surface area contributed by atoms with Gasteiger partial charge in [0.15, 0.2) is 15.8 Å². The Morgan fingerprint density at radius 3 is 2.48 bits per heavy atom. The van der Waals surface area contributed by atoms with Gasteiger partial charge in [-0.1, -0.05) is 72.0 Å². The first-order chi connectivity index (χ1) is 16.0. The Bertz CT molecular complexity index is 1210. The van der Waals surface area contributed by atoms with Crippen molar-refractivity contribution >= 4 is 68.6 Å². The predicted molar refractivity (Wildman–Crippen MR) is 148 cm³/mol. The summed E-state index contributed by atoms with van der Waals surface area (Å²) in [5.74, 6) is 1.23. The number of nitrogens with zero attached hydrogens (tertiary/aromatic N) is 1. The van der Waals surface area contributed by atoms with E-state index in [1.807, 2.05) is 55.5 Å². The molecular weight excluding hydrogens is 565 g/mol. The van der Waals surface area contributed by atoms with Crippen LogP contribution in [0.2, 0.25) is 0 Å². The normalized spacial score (nSPS) is 14.8. The summed E-state index contributed by atoms with van der Waals surface area (Å²) in [5, 5.41) is 0. The number of thiocarbonyl (C=S) groups is 1. The Balaban J connectivity index is 1.59. The van der Waals surface area contributed by atoms with Crippen molar-refractivity contribution in [1.29, 1.82) is 0 Å². The number of rotatable bonds is 7. The minimum Gasteiger partial charge on any atom is -0.490 e. The average Bonchev–Trinajstić information content (AvgIpc) is 3.08. The maximum atomic E-state index is 13.1. The van der Waals surface area contributed by atoms with Gasteiger partial charge in [-0.2, -0.15) is 0 Å². The number of amides is 1. The molecule has 4 nitrogen and oxygen atoms in total. The standard InChI is InChI=1S/C26H22INO3S2/c1-3-30-22-14-19(13-21(27)24(22)31-16-18-11-9-17(2)10-12-18)15-23-25(29)28(26(32)33-23)20-7-5-4-6-8-20/h4-15H,3,16H2,1-2H3/b23-15+. The van der Waals surface area contributed by atoms with Crippen LogP contribution in [0, 0.1) is 10.5 Å². The average molecular weight is 588 g/mol. The number of benzene rings is 3. The van der Waals surface area contributed by atoms with Crippen molar-refractivity contribution in [1.82, 2.24) is 0 Å². The van der Waals surface area contributed by atoms with Gasteiger partial charge in [-0.05, 0) is 77.9 Å². The summed E-state index contributed by atoms with van der Waals surface area (Å²) in [6.45, 7) is 4.96.